The molecule has 7 heteroatoms. The number of allylic oxidation sites excluding steroid dienone is 2. The molecule has 1 unspecified atom stereocenters. The van der Waals surface area contributed by atoms with Crippen molar-refractivity contribution in [1.82, 2.24) is 9.78 Å². The van der Waals surface area contributed by atoms with Crippen LogP contribution in [0.1, 0.15) is 51.6 Å². The Morgan fingerprint density at radius 1 is 1.38 bits per heavy atom. The average molecular weight is 404 g/mol. The van der Waals surface area contributed by atoms with Crippen molar-refractivity contribution in [1.29, 1.82) is 0 Å². The van der Waals surface area contributed by atoms with E-state index in [1.807, 2.05) is 31.5 Å². The van der Waals surface area contributed by atoms with Gasteiger partial charge in [0.05, 0.1) is 11.2 Å². The zero-order valence-corrected chi connectivity index (χ0v) is 18.2. The average Bonchev–Trinajstić information content (AvgIpc) is 3.29. The van der Waals surface area contributed by atoms with Crippen LogP contribution < -0.4 is 5.32 Å². The minimum atomic E-state index is -0.568. The van der Waals surface area contributed by atoms with Crippen molar-refractivity contribution in [3.05, 3.63) is 48.7 Å². The number of amides is 1. The van der Waals surface area contributed by atoms with E-state index in [9.17, 15) is 4.79 Å². The summed E-state index contributed by atoms with van der Waals surface area (Å²) in [5.74, 6) is 0.219. The van der Waals surface area contributed by atoms with Crippen molar-refractivity contribution in [2.45, 2.75) is 57.3 Å². The lowest BCUT2D eigenvalue weighted by Crippen LogP contribution is -2.30. The lowest BCUT2D eigenvalue weighted by Gasteiger charge is -2.25. The van der Waals surface area contributed by atoms with Gasteiger partial charge in [-0.3, -0.25) is 5.32 Å². The molecule has 1 aromatic heterocycles. The van der Waals surface area contributed by atoms with E-state index in [1.165, 1.54) is 0 Å². The SMILES string of the molecule is C=C/C=C(\C=C)COC(=O)Nc1cc(C2CCC(OC)(OC)C2)nn1C(C)(C)C. The Kier molecular flexibility index (Phi) is 7.43. The molecule has 0 aliphatic heterocycles. The molecular formula is C22H33N3O4. The fourth-order valence-corrected chi connectivity index (χ4v) is 3.50. The molecule has 1 aromatic rings. The summed E-state index contributed by atoms with van der Waals surface area (Å²) < 4.78 is 18.3. The van der Waals surface area contributed by atoms with E-state index in [4.69, 9.17) is 19.3 Å². The molecule has 1 aliphatic rings. The second kappa shape index (κ2) is 9.41. The number of carbonyl (C=O) groups is 1. The van der Waals surface area contributed by atoms with Crippen LogP contribution in [0.4, 0.5) is 10.6 Å². The number of anilines is 1. The van der Waals surface area contributed by atoms with E-state index in [0.29, 0.717) is 5.82 Å². The zero-order valence-electron chi connectivity index (χ0n) is 18.2. The topological polar surface area (TPSA) is 74.6 Å². The van der Waals surface area contributed by atoms with Gasteiger partial charge in [-0.25, -0.2) is 9.48 Å². The second-order valence-electron chi connectivity index (χ2n) is 8.18. The summed E-state index contributed by atoms with van der Waals surface area (Å²) in [6.07, 6.45) is 6.88. The fourth-order valence-electron chi connectivity index (χ4n) is 3.50. The summed E-state index contributed by atoms with van der Waals surface area (Å²) in [7, 11) is 3.34. The molecule has 1 saturated carbocycles. The van der Waals surface area contributed by atoms with Gasteiger partial charge >= 0.3 is 6.09 Å². The van der Waals surface area contributed by atoms with Crippen LogP contribution in [-0.4, -0.2) is 42.5 Å². The van der Waals surface area contributed by atoms with Crippen LogP contribution in [0.15, 0.2) is 43.0 Å². The Morgan fingerprint density at radius 2 is 2.07 bits per heavy atom. The number of hydrogen-bond acceptors (Lipinski definition) is 5. The molecule has 1 atom stereocenters. The van der Waals surface area contributed by atoms with Gasteiger partial charge in [-0.2, -0.15) is 5.10 Å². The standard InChI is InChI=1S/C22H33N3O4/c1-8-10-16(9-2)15-29-20(26)23-19-13-18(24-25(19)21(3,4)5)17-11-12-22(14-17,27-6)28-7/h8-10,13,17H,1-2,11-12,14-15H2,3-7H3,(H,23,26)/b16-10+. The van der Waals surface area contributed by atoms with E-state index in [2.05, 4.69) is 18.5 Å². The van der Waals surface area contributed by atoms with Gasteiger partial charge in [-0.15, -0.1) is 0 Å². The molecule has 0 bridgehead atoms. The molecule has 1 aliphatic carbocycles. The molecule has 160 valence electrons. The summed E-state index contributed by atoms with van der Waals surface area (Å²) in [6, 6.07) is 1.91. The smallest absolute Gasteiger partial charge is 0.413 e. The third-order valence-electron chi connectivity index (χ3n) is 5.15. The molecule has 29 heavy (non-hydrogen) atoms. The van der Waals surface area contributed by atoms with Crippen molar-refractivity contribution in [2.75, 3.05) is 26.1 Å². The molecule has 7 nitrogen and oxygen atoms in total. The predicted molar refractivity (Wildman–Crippen MR) is 114 cm³/mol. The molecular weight excluding hydrogens is 370 g/mol. The first-order valence-corrected chi connectivity index (χ1v) is 9.76. The van der Waals surface area contributed by atoms with Gasteiger partial charge < -0.3 is 14.2 Å². The van der Waals surface area contributed by atoms with Crippen LogP contribution in [0.3, 0.4) is 0 Å². The van der Waals surface area contributed by atoms with Gasteiger partial charge in [0.1, 0.15) is 12.4 Å². The number of nitrogens with zero attached hydrogens (tertiary/aromatic N) is 2. The highest BCUT2D eigenvalue weighted by atomic mass is 16.7. The van der Waals surface area contributed by atoms with Crippen LogP contribution in [-0.2, 0) is 19.7 Å². The summed E-state index contributed by atoms with van der Waals surface area (Å²) in [6.45, 7) is 13.6. The van der Waals surface area contributed by atoms with Crippen LogP contribution in [0.25, 0.3) is 0 Å². The maximum absolute atomic E-state index is 12.3. The minimum Gasteiger partial charge on any atom is -0.444 e. The van der Waals surface area contributed by atoms with Gasteiger partial charge in [-0.05, 0) is 32.8 Å². The number of carbonyl (C=O) groups excluding carboxylic acids is 1. The molecule has 0 saturated heterocycles. The van der Waals surface area contributed by atoms with Gasteiger partial charge in [0.2, 0.25) is 0 Å². The monoisotopic (exact) mass is 403 g/mol. The third kappa shape index (κ3) is 5.58. The van der Waals surface area contributed by atoms with Crippen molar-refractivity contribution < 1.29 is 19.0 Å². The summed E-state index contributed by atoms with van der Waals surface area (Å²) in [5.41, 5.74) is 1.36. The Balaban J connectivity index is 2.17. The van der Waals surface area contributed by atoms with Gasteiger partial charge in [-0.1, -0.05) is 31.4 Å². The molecule has 0 radical (unpaired) electrons. The first-order chi connectivity index (χ1) is 13.7. The lowest BCUT2D eigenvalue weighted by molar-refractivity contribution is -0.201. The van der Waals surface area contributed by atoms with Gasteiger partial charge in [0.15, 0.2) is 5.79 Å². The lowest BCUT2D eigenvalue weighted by atomic mass is 10.0. The number of nitrogens with one attached hydrogen (secondary N) is 1. The number of hydrogen-bond donors (Lipinski definition) is 1. The Morgan fingerprint density at radius 3 is 2.59 bits per heavy atom. The molecule has 1 N–H and O–H groups in total. The minimum absolute atomic E-state index is 0.116. The largest absolute Gasteiger partial charge is 0.444 e. The highest BCUT2D eigenvalue weighted by Crippen LogP contribution is 2.43. The molecule has 1 amide bonds. The van der Waals surface area contributed by atoms with E-state index >= 15 is 0 Å². The number of aromatic nitrogens is 2. The van der Waals surface area contributed by atoms with E-state index < -0.39 is 11.9 Å². The third-order valence-corrected chi connectivity index (χ3v) is 5.15. The maximum atomic E-state index is 12.3. The van der Waals surface area contributed by atoms with E-state index in [-0.39, 0.29) is 18.1 Å². The Bertz CT molecular complexity index is 770. The normalized spacial score (nSPS) is 19.1. The number of ether oxygens (including phenoxy) is 3. The number of rotatable bonds is 8. The summed E-state index contributed by atoms with van der Waals surface area (Å²) >= 11 is 0. The second-order valence-corrected chi connectivity index (χ2v) is 8.18. The first-order valence-electron chi connectivity index (χ1n) is 9.76. The van der Waals surface area contributed by atoms with Gasteiger partial charge in [0, 0.05) is 39.0 Å². The quantitative estimate of drug-likeness (QED) is 0.501. The molecule has 1 fully saturated rings. The first kappa shape index (κ1) is 22.9. The van der Waals surface area contributed by atoms with Crippen LogP contribution in [0.5, 0.6) is 0 Å². The van der Waals surface area contributed by atoms with Crippen LogP contribution in [0.2, 0.25) is 0 Å². The van der Waals surface area contributed by atoms with Crippen molar-refractivity contribution >= 4 is 11.9 Å². The van der Waals surface area contributed by atoms with Crippen LogP contribution >= 0.6 is 0 Å². The van der Waals surface area contributed by atoms with Crippen molar-refractivity contribution in [3.63, 3.8) is 0 Å². The zero-order chi connectivity index (χ0) is 21.7. The maximum Gasteiger partial charge on any atom is 0.413 e. The van der Waals surface area contributed by atoms with Crippen molar-refractivity contribution in [3.8, 4) is 0 Å². The molecule has 1 heterocycles. The molecule has 2 rings (SSSR count). The van der Waals surface area contributed by atoms with E-state index in [1.54, 1.807) is 32.4 Å². The Hall–Kier alpha value is -2.38. The van der Waals surface area contributed by atoms with Gasteiger partial charge in [0.25, 0.3) is 0 Å². The van der Waals surface area contributed by atoms with Crippen molar-refractivity contribution in [2.24, 2.45) is 0 Å². The van der Waals surface area contributed by atoms with E-state index in [0.717, 1.165) is 30.5 Å². The fraction of sp³-hybridized carbons (Fsp3) is 0.545. The summed E-state index contributed by atoms with van der Waals surface area (Å²) in [4.78, 5) is 12.3. The Labute approximate surface area is 173 Å². The highest BCUT2D eigenvalue weighted by Gasteiger charge is 2.41. The molecule has 0 aromatic carbocycles. The summed E-state index contributed by atoms with van der Waals surface area (Å²) in [5, 5.41) is 7.61. The highest BCUT2D eigenvalue weighted by molar-refractivity contribution is 5.83. The van der Waals surface area contributed by atoms with Crippen LogP contribution in [0, 0.1) is 0 Å². The number of methoxy groups -OCH3 is 2. The predicted octanol–water partition coefficient (Wildman–Crippen LogP) is 4.74. The molecule has 0 spiro atoms.